The van der Waals surface area contributed by atoms with Gasteiger partial charge in [-0.05, 0) is 24.6 Å². The average molecular weight is 347 g/mol. The molecule has 3 rings (SSSR count). The second-order valence-electron chi connectivity index (χ2n) is 4.89. The van der Waals surface area contributed by atoms with E-state index in [9.17, 15) is 4.79 Å². The summed E-state index contributed by atoms with van der Waals surface area (Å²) in [6, 6.07) is 7.02. The smallest absolute Gasteiger partial charge is 0.341 e. The van der Waals surface area contributed by atoms with Crippen molar-refractivity contribution in [3.8, 4) is 5.75 Å². The quantitative estimate of drug-likeness (QED) is 0.504. The number of carbonyl (C=O) groups is 1. The Balaban J connectivity index is 1.61. The van der Waals surface area contributed by atoms with Crippen LogP contribution < -0.4 is 4.74 Å². The zero-order valence-electron chi connectivity index (χ0n) is 13.0. The topological polar surface area (TPSA) is 78.6 Å². The van der Waals surface area contributed by atoms with E-state index in [1.807, 2.05) is 6.92 Å². The highest BCUT2D eigenvalue weighted by atomic mass is 35.5. The lowest BCUT2D eigenvalue weighted by Gasteiger charge is -2.10. The van der Waals surface area contributed by atoms with Gasteiger partial charge in [-0.25, -0.2) is 14.3 Å². The summed E-state index contributed by atoms with van der Waals surface area (Å²) < 4.78 is 12.3. The van der Waals surface area contributed by atoms with E-state index in [0.717, 1.165) is 0 Å². The minimum Gasteiger partial charge on any atom is -0.490 e. The van der Waals surface area contributed by atoms with Crippen LogP contribution in [0.2, 0.25) is 5.02 Å². The molecule has 0 radical (unpaired) electrons. The van der Waals surface area contributed by atoms with E-state index in [4.69, 9.17) is 21.1 Å². The molecule has 24 heavy (non-hydrogen) atoms. The number of hydrogen-bond acceptors (Lipinski definition) is 6. The molecule has 2 heterocycles. The standard InChI is InChI=1S/C16H15ClN4O3/c1-2-14-13(9-18-16-19-10-20-21(14)16)15(22)24-7-6-23-12-5-3-4-11(17)8-12/h3-5,8-10H,2,6-7H2,1H3. The van der Waals surface area contributed by atoms with Crippen molar-refractivity contribution in [3.05, 3.63) is 53.1 Å². The summed E-state index contributed by atoms with van der Waals surface area (Å²) in [5.74, 6) is 0.609. The van der Waals surface area contributed by atoms with Crippen molar-refractivity contribution in [2.45, 2.75) is 13.3 Å². The van der Waals surface area contributed by atoms with Gasteiger partial charge in [-0.2, -0.15) is 10.1 Å². The maximum absolute atomic E-state index is 12.3. The Morgan fingerprint density at radius 3 is 2.96 bits per heavy atom. The molecular formula is C16H15ClN4O3. The van der Waals surface area contributed by atoms with Crippen LogP contribution in [0.5, 0.6) is 5.75 Å². The lowest BCUT2D eigenvalue weighted by Crippen LogP contribution is -2.16. The highest BCUT2D eigenvalue weighted by molar-refractivity contribution is 6.30. The van der Waals surface area contributed by atoms with Crippen LogP contribution in [-0.2, 0) is 11.2 Å². The Labute approximate surface area is 143 Å². The molecule has 0 aliphatic carbocycles. The van der Waals surface area contributed by atoms with Crippen molar-refractivity contribution < 1.29 is 14.3 Å². The first-order chi connectivity index (χ1) is 11.7. The number of nitrogens with zero attached hydrogens (tertiary/aromatic N) is 4. The van der Waals surface area contributed by atoms with Crippen LogP contribution in [0.1, 0.15) is 23.0 Å². The first-order valence-corrected chi connectivity index (χ1v) is 7.80. The van der Waals surface area contributed by atoms with Gasteiger partial charge in [0.15, 0.2) is 0 Å². The Morgan fingerprint density at radius 1 is 1.29 bits per heavy atom. The molecule has 7 nitrogen and oxygen atoms in total. The van der Waals surface area contributed by atoms with E-state index in [1.54, 1.807) is 28.8 Å². The number of hydrogen-bond donors (Lipinski definition) is 0. The van der Waals surface area contributed by atoms with Crippen LogP contribution in [-0.4, -0.2) is 38.8 Å². The number of fused-ring (bicyclic) bond motifs is 1. The van der Waals surface area contributed by atoms with E-state index in [0.29, 0.717) is 34.2 Å². The van der Waals surface area contributed by atoms with Crippen LogP contribution >= 0.6 is 11.6 Å². The van der Waals surface area contributed by atoms with Crippen molar-refractivity contribution in [2.24, 2.45) is 0 Å². The summed E-state index contributed by atoms with van der Waals surface area (Å²) in [5.41, 5.74) is 1.08. The van der Waals surface area contributed by atoms with Gasteiger partial charge >= 0.3 is 5.97 Å². The van der Waals surface area contributed by atoms with Gasteiger partial charge in [-0.1, -0.05) is 24.6 Å². The Kier molecular flexibility index (Phi) is 4.90. The van der Waals surface area contributed by atoms with Crippen molar-refractivity contribution >= 4 is 23.3 Å². The highest BCUT2D eigenvalue weighted by Crippen LogP contribution is 2.17. The maximum atomic E-state index is 12.3. The molecule has 8 heteroatoms. The number of ether oxygens (including phenoxy) is 2. The normalized spacial score (nSPS) is 10.8. The largest absolute Gasteiger partial charge is 0.490 e. The molecule has 0 fully saturated rings. The highest BCUT2D eigenvalue weighted by Gasteiger charge is 2.16. The number of aryl methyl sites for hydroxylation is 1. The number of aromatic nitrogens is 4. The Morgan fingerprint density at radius 2 is 2.17 bits per heavy atom. The summed E-state index contributed by atoms with van der Waals surface area (Å²) in [4.78, 5) is 20.4. The average Bonchev–Trinajstić information content (AvgIpc) is 3.06. The van der Waals surface area contributed by atoms with E-state index >= 15 is 0 Å². The molecule has 0 N–H and O–H groups in total. The number of benzene rings is 1. The van der Waals surface area contributed by atoms with Crippen LogP contribution in [0.4, 0.5) is 0 Å². The molecule has 124 valence electrons. The van der Waals surface area contributed by atoms with Crippen molar-refractivity contribution in [3.63, 3.8) is 0 Å². The van der Waals surface area contributed by atoms with Gasteiger partial charge in [0.2, 0.25) is 0 Å². The second-order valence-corrected chi connectivity index (χ2v) is 5.32. The number of esters is 1. The third kappa shape index (κ3) is 3.46. The van der Waals surface area contributed by atoms with Gasteiger partial charge in [-0.15, -0.1) is 0 Å². The van der Waals surface area contributed by atoms with Crippen molar-refractivity contribution in [2.75, 3.05) is 13.2 Å². The van der Waals surface area contributed by atoms with E-state index in [1.165, 1.54) is 12.5 Å². The minimum atomic E-state index is -0.466. The van der Waals surface area contributed by atoms with Crippen LogP contribution in [0, 0.1) is 0 Å². The summed E-state index contributed by atoms with van der Waals surface area (Å²) in [6.07, 6.45) is 3.46. The lowest BCUT2D eigenvalue weighted by atomic mass is 10.2. The summed E-state index contributed by atoms with van der Waals surface area (Å²) in [7, 11) is 0. The zero-order valence-corrected chi connectivity index (χ0v) is 13.7. The molecular weight excluding hydrogens is 332 g/mol. The Bertz CT molecular complexity index is 865. The molecule has 2 aromatic heterocycles. The van der Waals surface area contributed by atoms with Crippen LogP contribution in [0.15, 0.2) is 36.8 Å². The molecule has 1 aromatic carbocycles. The summed E-state index contributed by atoms with van der Waals surface area (Å²) >= 11 is 5.87. The fraction of sp³-hybridized carbons (Fsp3) is 0.250. The monoisotopic (exact) mass is 346 g/mol. The fourth-order valence-electron chi connectivity index (χ4n) is 2.26. The van der Waals surface area contributed by atoms with Gasteiger partial charge in [0.25, 0.3) is 5.78 Å². The van der Waals surface area contributed by atoms with Gasteiger partial charge in [0.05, 0.1) is 11.3 Å². The summed E-state index contributed by atoms with van der Waals surface area (Å²) in [5, 5.41) is 4.66. The molecule has 3 aromatic rings. The molecule has 0 amide bonds. The molecule has 0 spiro atoms. The van der Waals surface area contributed by atoms with E-state index in [-0.39, 0.29) is 13.2 Å². The molecule has 0 unspecified atom stereocenters. The molecule has 0 aliphatic heterocycles. The van der Waals surface area contributed by atoms with Crippen LogP contribution in [0.3, 0.4) is 0 Å². The molecule has 0 bridgehead atoms. The number of rotatable bonds is 6. The molecule has 0 atom stereocenters. The van der Waals surface area contributed by atoms with E-state index < -0.39 is 5.97 Å². The minimum absolute atomic E-state index is 0.115. The van der Waals surface area contributed by atoms with E-state index in [2.05, 4.69) is 15.1 Å². The lowest BCUT2D eigenvalue weighted by molar-refractivity contribution is 0.0448. The van der Waals surface area contributed by atoms with Crippen molar-refractivity contribution in [1.82, 2.24) is 19.6 Å². The van der Waals surface area contributed by atoms with Gasteiger partial charge in [-0.3, -0.25) is 0 Å². The van der Waals surface area contributed by atoms with Gasteiger partial charge in [0, 0.05) is 11.2 Å². The molecule has 0 saturated heterocycles. The number of carbonyl (C=O) groups excluding carboxylic acids is 1. The molecule has 0 saturated carbocycles. The zero-order chi connectivity index (χ0) is 16.9. The predicted molar refractivity (Wildman–Crippen MR) is 87.4 cm³/mol. The Hall–Kier alpha value is -2.67. The van der Waals surface area contributed by atoms with Crippen molar-refractivity contribution in [1.29, 1.82) is 0 Å². The predicted octanol–water partition coefficient (Wildman–Crippen LogP) is 2.58. The second kappa shape index (κ2) is 7.27. The molecule has 0 aliphatic rings. The van der Waals surface area contributed by atoms with Crippen LogP contribution in [0.25, 0.3) is 5.78 Å². The maximum Gasteiger partial charge on any atom is 0.341 e. The first-order valence-electron chi connectivity index (χ1n) is 7.42. The fourth-order valence-corrected chi connectivity index (χ4v) is 2.44. The SMILES string of the molecule is CCc1c(C(=O)OCCOc2cccc(Cl)c2)cnc2ncnn12. The first kappa shape index (κ1) is 16.2. The third-order valence-corrected chi connectivity index (χ3v) is 3.58. The van der Waals surface area contributed by atoms with Gasteiger partial charge in [0.1, 0.15) is 25.3 Å². The number of halogens is 1. The third-order valence-electron chi connectivity index (χ3n) is 3.34. The summed E-state index contributed by atoms with van der Waals surface area (Å²) in [6.45, 7) is 2.27. The van der Waals surface area contributed by atoms with Gasteiger partial charge < -0.3 is 9.47 Å².